The number of hydrogen-bond acceptors (Lipinski definition) is 10. The van der Waals surface area contributed by atoms with Crippen molar-refractivity contribution in [1.29, 1.82) is 0 Å². The van der Waals surface area contributed by atoms with Gasteiger partial charge in [-0.2, -0.15) is 0 Å². The minimum atomic E-state index is -0.795. The summed E-state index contributed by atoms with van der Waals surface area (Å²) in [5.41, 5.74) is 2.41. The van der Waals surface area contributed by atoms with E-state index in [1.807, 2.05) is 12.1 Å². The summed E-state index contributed by atoms with van der Waals surface area (Å²) in [5.74, 6) is -1.76. The maximum Gasteiger partial charge on any atom is 0.203 e. The molecule has 0 aliphatic heterocycles. The fourth-order valence-electron chi connectivity index (χ4n) is 6.32. The van der Waals surface area contributed by atoms with Gasteiger partial charge in [-0.25, -0.2) is 0 Å². The number of unbranched alkanes of at least 4 members (excludes halogenated alkanes) is 5. The van der Waals surface area contributed by atoms with Gasteiger partial charge in [-0.1, -0.05) is 50.0 Å². The van der Waals surface area contributed by atoms with E-state index in [1.54, 1.807) is 31.2 Å². The van der Waals surface area contributed by atoms with Crippen LogP contribution < -0.4 is 14.2 Å². The van der Waals surface area contributed by atoms with Crippen molar-refractivity contribution in [3.63, 3.8) is 0 Å². The Kier molecular flexibility index (Phi) is 13.5. The quantitative estimate of drug-likeness (QED) is 0.0242. The number of phenolic OH excluding ortho intramolecular Hbond substituents is 6. The van der Waals surface area contributed by atoms with E-state index in [-0.39, 0.29) is 46.3 Å². The average Bonchev–Trinajstić information content (AvgIpc) is 3.10. The highest BCUT2D eigenvalue weighted by atomic mass is 16.5. The van der Waals surface area contributed by atoms with Crippen LogP contribution in [0.2, 0.25) is 0 Å². The highest BCUT2D eigenvalue weighted by molar-refractivity contribution is 6.01. The largest absolute Gasteiger partial charge is 0.507 e. The molecule has 51 heavy (non-hydrogen) atoms. The van der Waals surface area contributed by atoms with Crippen molar-refractivity contribution in [3.8, 4) is 51.7 Å². The molecule has 2 unspecified atom stereocenters. The van der Waals surface area contributed by atoms with Gasteiger partial charge in [0.1, 0.15) is 23.2 Å². The number of rotatable bonds is 19. The third-order valence-corrected chi connectivity index (χ3v) is 8.99. The number of phenols is 6. The zero-order valence-corrected chi connectivity index (χ0v) is 29.4. The lowest BCUT2D eigenvalue weighted by atomic mass is 9.84. The molecule has 4 aromatic rings. The fraction of sp³-hybridized carbons (Fsp3) is 0.341. The lowest BCUT2D eigenvalue weighted by molar-refractivity contribution is 0.0973. The molecule has 0 aliphatic rings. The zero-order chi connectivity index (χ0) is 37.1. The van der Waals surface area contributed by atoms with Crippen LogP contribution in [0.25, 0.3) is 0 Å². The Morgan fingerprint density at radius 3 is 1.90 bits per heavy atom. The molecule has 4 aromatic carbocycles. The van der Waals surface area contributed by atoms with Gasteiger partial charge < -0.3 is 44.8 Å². The fourth-order valence-corrected chi connectivity index (χ4v) is 6.32. The monoisotopic (exact) mass is 700 g/mol. The number of hydrogen-bond donors (Lipinski definition) is 6. The second-order valence-corrected chi connectivity index (χ2v) is 12.6. The standard InChI is InChI=1S/C41H48O10/c1-5-12-27-22-36(49-3)41(37(23-27)50-4)51-25(2)38(28-16-19-31(43)35(47)24-28)29-17-20-33(45)39(40(29)48)32(44)14-11-9-7-6-8-10-13-26-15-18-30(42)34(46)21-26/h5,15-25,38,42-43,45-48H,1,6-14H2,2-4H3. The number of carbonyl (C=O) groups excluding carboxylic acids is 1. The second kappa shape index (κ2) is 17.9. The second-order valence-electron chi connectivity index (χ2n) is 12.6. The van der Waals surface area contributed by atoms with E-state index in [0.29, 0.717) is 35.7 Å². The molecule has 0 radical (unpaired) electrons. The molecule has 0 amide bonds. The van der Waals surface area contributed by atoms with Crippen LogP contribution >= 0.6 is 0 Å². The molecule has 4 rings (SSSR count). The Hall–Kier alpha value is -5.51. The van der Waals surface area contributed by atoms with Crippen LogP contribution in [0.3, 0.4) is 0 Å². The molecule has 0 aromatic heterocycles. The lowest BCUT2D eigenvalue weighted by Gasteiger charge is -2.29. The summed E-state index contributed by atoms with van der Waals surface area (Å²) in [6.45, 7) is 5.55. The van der Waals surface area contributed by atoms with Gasteiger partial charge >= 0.3 is 0 Å². The van der Waals surface area contributed by atoms with Crippen LogP contribution in [0, 0.1) is 0 Å². The first kappa shape index (κ1) is 38.3. The summed E-state index contributed by atoms with van der Waals surface area (Å²) in [4.78, 5) is 13.5. The molecule has 0 fully saturated rings. The molecular formula is C41H48O10. The topological polar surface area (TPSA) is 166 Å². The SMILES string of the molecule is C=CCc1cc(OC)c(OC(C)C(c2ccc(O)c(O)c2)c2ccc(O)c(C(=O)CCCCCCCCc3ccc(O)c(O)c3)c2O)c(OC)c1. The van der Waals surface area contributed by atoms with Gasteiger partial charge in [0.05, 0.1) is 14.2 Å². The van der Waals surface area contributed by atoms with Crippen LogP contribution in [0.1, 0.15) is 90.4 Å². The first-order valence-electron chi connectivity index (χ1n) is 17.1. The Morgan fingerprint density at radius 1 is 0.706 bits per heavy atom. The predicted octanol–water partition coefficient (Wildman–Crippen LogP) is 8.42. The molecule has 0 saturated carbocycles. The highest BCUT2D eigenvalue weighted by Gasteiger charge is 2.31. The first-order valence-corrected chi connectivity index (χ1v) is 17.1. The smallest absolute Gasteiger partial charge is 0.203 e. The van der Waals surface area contributed by atoms with Crippen molar-refractivity contribution in [3.05, 3.63) is 101 Å². The number of carbonyl (C=O) groups is 1. The van der Waals surface area contributed by atoms with Gasteiger partial charge in [0.15, 0.2) is 40.3 Å². The number of aryl methyl sites for hydroxylation is 1. The van der Waals surface area contributed by atoms with E-state index >= 15 is 0 Å². The van der Waals surface area contributed by atoms with Crippen molar-refractivity contribution in [2.75, 3.05) is 14.2 Å². The van der Waals surface area contributed by atoms with E-state index in [0.717, 1.165) is 49.7 Å². The summed E-state index contributed by atoms with van der Waals surface area (Å²) in [6, 6.07) is 15.6. The molecule has 2 atom stereocenters. The molecule has 0 saturated heterocycles. The van der Waals surface area contributed by atoms with E-state index in [4.69, 9.17) is 14.2 Å². The normalized spacial score (nSPS) is 12.2. The van der Waals surface area contributed by atoms with E-state index < -0.39 is 23.6 Å². The molecule has 6 N–H and O–H groups in total. The third-order valence-electron chi connectivity index (χ3n) is 8.99. The van der Waals surface area contributed by atoms with Gasteiger partial charge in [-0.05, 0) is 91.8 Å². The summed E-state index contributed by atoms with van der Waals surface area (Å²) in [7, 11) is 3.02. The zero-order valence-electron chi connectivity index (χ0n) is 29.4. The van der Waals surface area contributed by atoms with Crippen molar-refractivity contribution in [2.45, 2.75) is 76.7 Å². The number of aromatic hydroxyl groups is 6. The number of methoxy groups -OCH3 is 2. The number of allylic oxidation sites excluding steroid dienone is 1. The highest BCUT2D eigenvalue weighted by Crippen LogP contribution is 2.45. The summed E-state index contributed by atoms with van der Waals surface area (Å²) in [5, 5.41) is 62.0. The number of Topliss-reactive ketones (excluding diaryl/α,β-unsaturated/α-hetero) is 1. The van der Waals surface area contributed by atoms with Crippen LogP contribution in [-0.4, -0.2) is 56.7 Å². The van der Waals surface area contributed by atoms with E-state index in [1.165, 1.54) is 44.6 Å². The summed E-state index contributed by atoms with van der Waals surface area (Å²) < 4.78 is 17.7. The van der Waals surface area contributed by atoms with Crippen molar-refractivity contribution >= 4 is 5.78 Å². The molecule has 0 bridgehead atoms. The Balaban J connectivity index is 1.50. The Morgan fingerprint density at radius 2 is 1.29 bits per heavy atom. The van der Waals surface area contributed by atoms with Gasteiger partial charge in [0, 0.05) is 17.9 Å². The van der Waals surface area contributed by atoms with Crippen molar-refractivity contribution < 1.29 is 49.6 Å². The van der Waals surface area contributed by atoms with Crippen LogP contribution in [0.15, 0.2) is 73.3 Å². The lowest BCUT2D eigenvalue weighted by Crippen LogP contribution is -2.24. The minimum Gasteiger partial charge on any atom is -0.507 e. The summed E-state index contributed by atoms with van der Waals surface area (Å²) >= 11 is 0. The van der Waals surface area contributed by atoms with E-state index in [2.05, 4.69) is 6.58 Å². The Labute approximate surface area is 298 Å². The van der Waals surface area contributed by atoms with Crippen molar-refractivity contribution in [2.24, 2.45) is 0 Å². The first-order chi connectivity index (χ1) is 24.5. The molecule has 272 valence electrons. The average molecular weight is 701 g/mol. The van der Waals surface area contributed by atoms with Gasteiger partial charge in [0.2, 0.25) is 5.75 Å². The van der Waals surface area contributed by atoms with Crippen LogP contribution in [0.5, 0.6) is 51.7 Å². The molecular weight excluding hydrogens is 652 g/mol. The van der Waals surface area contributed by atoms with Gasteiger partial charge in [-0.3, -0.25) is 4.79 Å². The van der Waals surface area contributed by atoms with Crippen LogP contribution in [-0.2, 0) is 12.8 Å². The van der Waals surface area contributed by atoms with Crippen LogP contribution in [0.4, 0.5) is 0 Å². The number of ketones is 1. The maximum absolute atomic E-state index is 13.5. The molecule has 10 nitrogen and oxygen atoms in total. The molecule has 10 heteroatoms. The summed E-state index contributed by atoms with van der Waals surface area (Å²) in [6.07, 6.45) is 7.64. The molecule has 0 spiro atoms. The molecule has 0 aliphatic carbocycles. The van der Waals surface area contributed by atoms with E-state index in [9.17, 15) is 35.4 Å². The molecule has 0 heterocycles. The third kappa shape index (κ3) is 9.60. The minimum absolute atomic E-state index is 0.121. The number of benzene rings is 4. The van der Waals surface area contributed by atoms with Crippen molar-refractivity contribution in [1.82, 2.24) is 0 Å². The maximum atomic E-state index is 13.5. The number of ether oxygens (including phenoxy) is 3. The predicted molar refractivity (Wildman–Crippen MR) is 195 cm³/mol. The van der Waals surface area contributed by atoms with Gasteiger partial charge in [0.25, 0.3) is 0 Å². The van der Waals surface area contributed by atoms with Gasteiger partial charge in [-0.15, -0.1) is 6.58 Å². The Bertz CT molecular complexity index is 1790.